The molecule has 3 rings (SSSR count). The van der Waals surface area contributed by atoms with Gasteiger partial charge in [-0.05, 0) is 30.9 Å². The zero-order valence-corrected chi connectivity index (χ0v) is 18.6. The van der Waals surface area contributed by atoms with Gasteiger partial charge in [0.2, 0.25) is 0 Å². The number of nitrogens with zero attached hydrogens (tertiary/aromatic N) is 2. The standard InChI is InChI=1S/C21H27N3O4S2/c1-28-17-10-6-5-7-15(17)11-12-24(16-8-3-2-4-9-16)21(27)23-20-22-13-19(30-20)29-14-18(25)26/h5-7,10,13,16H,2-4,8-9,11-12,14H2,1H3,(H,25,26)(H,22,23,27). The van der Waals surface area contributed by atoms with Gasteiger partial charge in [0.15, 0.2) is 5.13 Å². The molecule has 1 aromatic carbocycles. The highest BCUT2D eigenvalue weighted by Crippen LogP contribution is 2.29. The summed E-state index contributed by atoms with van der Waals surface area (Å²) in [6.07, 6.45) is 7.83. The van der Waals surface area contributed by atoms with Crippen LogP contribution in [0.3, 0.4) is 0 Å². The van der Waals surface area contributed by atoms with Gasteiger partial charge in [0.25, 0.3) is 0 Å². The zero-order valence-electron chi connectivity index (χ0n) is 17.0. The summed E-state index contributed by atoms with van der Waals surface area (Å²) in [5.41, 5.74) is 1.08. The highest BCUT2D eigenvalue weighted by molar-refractivity contribution is 8.01. The number of amides is 2. The average Bonchev–Trinajstić information content (AvgIpc) is 3.20. The largest absolute Gasteiger partial charge is 0.496 e. The van der Waals surface area contributed by atoms with E-state index in [9.17, 15) is 9.59 Å². The second-order valence-electron chi connectivity index (χ2n) is 7.14. The van der Waals surface area contributed by atoms with Gasteiger partial charge in [-0.2, -0.15) is 0 Å². The minimum Gasteiger partial charge on any atom is -0.496 e. The van der Waals surface area contributed by atoms with E-state index in [-0.39, 0.29) is 17.8 Å². The molecule has 0 aliphatic heterocycles. The number of nitrogens with one attached hydrogen (secondary N) is 1. The highest BCUT2D eigenvalue weighted by atomic mass is 32.2. The second kappa shape index (κ2) is 11.2. The summed E-state index contributed by atoms with van der Waals surface area (Å²) in [5, 5.41) is 12.2. The van der Waals surface area contributed by atoms with Gasteiger partial charge in [0.1, 0.15) is 5.75 Å². The van der Waals surface area contributed by atoms with Crippen LogP contribution in [0, 0.1) is 0 Å². The zero-order chi connectivity index (χ0) is 21.3. The van der Waals surface area contributed by atoms with E-state index in [2.05, 4.69) is 10.3 Å². The predicted molar refractivity (Wildman–Crippen MR) is 120 cm³/mol. The third-order valence-corrected chi connectivity index (χ3v) is 7.22. The minimum atomic E-state index is -0.876. The quantitative estimate of drug-likeness (QED) is 0.538. The monoisotopic (exact) mass is 449 g/mol. The molecule has 0 spiro atoms. The molecule has 2 amide bonds. The van der Waals surface area contributed by atoms with Crippen LogP contribution < -0.4 is 10.1 Å². The summed E-state index contributed by atoms with van der Waals surface area (Å²) in [4.78, 5) is 30.0. The molecule has 2 aromatic rings. The molecule has 1 saturated carbocycles. The molecule has 1 fully saturated rings. The highest BCUT2D eigenvalue weighted by Gasteiger charge is 2.26. The molecular formula is C21H27N3O4S2. The lowest BCUT2D eigenvalue weighted by Gasteiger charge is -2.34. The number of carbonyl (C=O) groups excluding carboxylic acids is 1. The predicted octanol–water partition coefficient (Wildman–Crippen LogP) is 4.74. The first-order chi connectivity index (χ1) is 14.6. The van der Waals surface area contributed by atoms with Crippen molar-refractivity contribution >= 4 is 40.2 Å². The first-order valence-electron chi connectivity index (χ1n) is 10.1. The molecule has 0 radical (unpaired) electrons. The Morgan fingerprint density at radius 2 is 2.07 bits per heavy atom. The van der Waals surface area contributed by atoms with Gasteiger partial charge < -0.3 is 14.7 Å². The average molecular weight is 450 g/mol. The van der Waals surface area contributed by atoms with Gasteiger partial charge >= 0.3 is 12.0 Å². The molecule has 162 valence electrons. The van der Waals surface area contributed by atoms with Gasteiger partial charge in [0.05, 0.1) is 23.3 Å². The number of carbonyl (C=O) groups is 2. The Hall–Kier alpha value is -2.26. The number of methoxy groups -OCH3 is 1. The van der Waals surface area contributed by atoms with Crippen LogP contribution in [0.1, 0.15) is 37.7 Å². The van der Waals surface area contributed by atoms with Gasteiger partial charge in [-0.15, -0.1) is 11.8 Å². The Morgan fingerprint density at radius 3 is 2.80 bits per heavy atom. The van der Waals surface area contributed by atoms with Crippen molar-refractivity contribution in [1.29, 1.82) is 0 Å². The third-order valence-electron chi connectivity index (χ3n) is 5.13. The number of hydrogen-bond donors (Lipinski definition) is 2. The summed E-state index contributed by atoms with van der Waals surface area (Å²) >= 11 is 2.50. The fraction of sp³-hybridized carbons (Fsp3) is 0.476. The lowest BCUT2D eigenvalue weighted by atomic mass is 9.94. The van der Waals surface area contributed by atoms with E-state index in [1.807, 2.05) is 29.2 Å². The normalized spacial score (nSPS) is 14.3. The van der Waals surface area contributed by atoms with Crippen LogP contribution in [0.2, 0.25) is 0 Å². The van der Waals surface area contributed by atoms with Crippen LogP contribution >= 0.6 is 23.1 Å². The Kier molecular flexibility index (Phi) is 8.39. The molecule has 0 bridgehead atoms. The van der Waals surface area contributed by atoms with E-state index in [4.69, 9.17) is 9.84 Å². The number of urea groups is 1. The number of benzene rings is 1. The van der Waals surface area contributed by atoms with Gasteiger partial charge in [-0.25, -0.2) is 9.78 Å². The van der Waals surface area contributed by atoms with Crippen molar-refractivity contribution in [3.8, 4) is 5.75 Å². The van der Waals surface area contributed by atoms with Crippen molar-refractivity contribution in [1.82, 2.24) is 9.88 Å². The number of rotatable bonds is 9. The second-order valence-corrected chi connectivity index (χ2v) is 9.45. The van der Waals surface area contributed by atoms with Crippen LogP contribution in [-0.2, 0) is 11.2 Å². The van der Waals surface area contributed by atoms with E-state index >= 15 is 0 Å². The molecule has 9 heteroatoms. The Bertz CT molecular complexity index is 852. The maximum Gasteiger partial charge on any atom is 0.323 e. The number of hydrogen-bond acceptors (Lipinski definition) is 6. The molecular weight excluding hydrogens is 422 g/mol. The maximum absolute atomic E-state index is 13.1. The number of thiazole rings is 1. The molecule has 0 unspecified atom stereocenters. The number of thioether (sulfide) groups is 1. The van der Waals surface area contributed by atoms with Crippen molar-refractivity contribution in [2.24, 2.45) is 0 Å². The van der Waals surface area contributed by atoms with Crippen LogP contribution in [0.5, 0.6) is 5.75 Å². The van der Waals surface area contributed by atoms with Crippen LogP contribution in [0.15, 0.2) is 34.7 Å². The van der Waals surface area contributed by atoms with E-state index in [0.29, 0.717) is 18.1 Å². The summed E-state index contributed by atoms with van der Waals surface area (Å²) in [5.74, 6) is -0.0665. The summed E-state index contributed by atoms with van der Waals surface area (Å²) in [6.45, 7) is 0.600. The van der Waals surface area contributed by atoms with Crippen LogP contribution in [0.25, 0.3) is 0 Å². The molecule has 30 heavy (non-hydrogen) atoms. The number of aliphatic carboxylic acids is 1. The van der Waals surface area contributed by atoms with Gasteiger partial charge in [-0.3, -0.25) is 10.1 Å². The SMILES string of the molecule is COc1ccccc1CCN(C(=O)Nc1ncc(SCC(=O)O)s1)C1CCCCC1. The number of para-hydroxylation sites is 1. The summed E-state index contributed by atoms with van der Waals surface area (Å²) in [6, 6.07) is 7.95. The molecule has 1 aliphatic carbocycles. The first kappa shape index (κ1) is 22.4. The van der Waals surface area contributed by atoms with E-state index in [1.165, 1.54) is 29.5 Å². The first-order valence-corrected chi connectivity index (χ1v) is 11.9. The molecule has 0 atom stereocenters. The Morgan fingerprint density at radius 1 is 1.30 bits per heavy atom. The smallest absolute Gasteiger partial charge is 0.323 e. The topological polar surface area (TPSA) is 91.8 Å². The van der Waals surface area contributed by atoms with E-state index < -0.39 is 5.97 Å². The lowest BCUT2D eigenvalue weighted by molar-refractivity contribution is -0.133. The number of carboxylic acids is 1. The number of aromatic nitrogens is 1. The number of anilines is 1. The van der Waals surface area contributed by atoms with E-state index in [0.717, 1.165) is 41.2 Å². The maximum atomic E-state index is 13.1. The van der Waals surface area contributed by atoms with E-state index in [1.54, 1.807) is 13.3 Å². The van der Waals surface area contributed by atoms with Gasteiger partial charge in [0, 0.05) is 12.6 Å². The van der Waals surface area contributed by atoms with Crippen LogP contribution in [-0.4, -0.2) is 52.4 Å². The molecule has 1 heterocycles. The summed E-state index contributed by atoms with van der Waals surface area (Å²) in [7, 11) is 1.66. The van der Waals surface area contributed by atoms with Crippen molar-refractivity contribution < 1.29 is 19.4 Å². The molecule has 1 aromatic heterocycles. The molecule has 7 nitrogen and oxygen atoms in total. The van der Waals surface area contributed by atoms with Crippen molar-refractivity contribution in [2.75, 3.05) is 24.7 Å². The van der Waals surface area contributed by atoms with Crippen molar-refractivity contribution in [2.45, 2.75) is 48.8 Å². The molecule has 1 aliphatic rings. The Labute approximate surface area is 184 Å². The minimum absolute atomic E-state index is 0.0251. The number of ether oxygens (including phenoxy) is 1. The van der Waals surface area contributed by atoms with Gasteiger partial charge in [-0.1, -0.05) is 48.8 Å². The third kappa shape index (κ3) is 6.37. The lowest BCUT2D eigenvalue weighted by Crippen LogP contribution is -2.45. The van der Waals surface area contributed by atoms with Crippen molar-refractivity contribution in [3.63, 3.8) is 0 Å². The fourth-order valence-electron chi connectivity index (χ4n) is 3.67. The number of carboxylic acid groups (broad SMARTS) is 1. The van der Waals surface area contributed by atoms with Crippen LogP contribution in [0.4, 0.5) is 9.93 Å². The Balaban J connectivity index is 1.66. The molecule has 0 saturated heterocycles. The summed E-state index contributed by atoms with van der Waals surface area (Å²) < 4.78 is 6.22. The van der Waals surface area contributed by atoms with Crippen molar-refractivity contribution in [3.05, 3.63) is 36.0 Å². The fourth-order valence-corrected chi connectivity index (χ4v) is 5.26. The molecule has 2 N–H and O–H groups in total.